The third-order valence-corrected chi connectivity index (χ3v) is 3.88. The van der Waals surface area contributed by atoms with E-state index >= 15 is 0 Å². The number of hydrogen-bond acceptors (Lipinski definition) is 5. The molecule has 2 heterocycles. The van der Waals surface area contributed by atoms with E-state index in [1.807, 2.05) is 25.1 Å². The molecule has 1 amide bonds. The van der Waals surface area contributed by atoms with Gasteiger partial charge in [0.25, 0.3) is 5.91 Å². The van der Waals surface area contributed by atoms with Crippen LogP contribution in [0.4, 0.5) is 5.69 Å². The summed E-state index contributed by atoms with van der Waals surface area (Å²) >= 11 is 0. The molecule has 7 heteroatoms. The summed E-state index contributed by atoms with van der Waals surface area (Å²) in [7, 11) is 1.34. The Labute approximate surface area is 150 Å². The van der Waals surface area contributed by atoms with E-state index in [9.17, 15) is 9.59 Å². The minimum atomic E-state index is -0.332. The summed E-state index contributed by atoms with van der Waals surface area (Å²) in [6.45, 7) is 1.81. The molecule has 0 unspecified atom stereocenters. The Balaban J connectivity index is 1.78. The van der Waals surface area contributed by atoms with E-state index in [4.69, 9.17) is 0 Å². The minimum absolute atomic E-state index is 0.150. The third kappa shape index (κ3) is 3.77. The van der Waals surface area contributed by atoms with Crippen molar-refractivity contribution >= 4 is 17.6 Å². The average Bonchev–Trinajstić information content (AvgIpc) is 3.04. The molecule has 3 aromatic rings. The van der Waals surface area contributed by atoms with Gasteiger partial charge in [0.2, 0.25) is 0 Å². The molecular weight excluding hydrogens is 332 g/mol. The van der Waals surface area contributed by atoms with E-state index in [1.54, 1.807) is 35.1 Å². The number of pyridine rings is 1. The predicted molar refractivity (Wildman–Crippen MR) is 96.2 cm³/mol. The summed E-state index contributed by atoms with van der Waals surface area (Å²) in [6.07, 6.45) is 3.33. The highest BCUT2D eigenvalue weighted by Crippen LogP contribution is 2.16. The van der Waals surface area contributed by atoms with Crippen molar-refractivity contribution in [2.24, 2.45) is 0 Å². The number of benzene rings is 1. The normalized spacial score (nSPS) is 10.4. The van der Waals surface area contributed by atoms with Gasteiger partial charge in [0.1, 0.15) is 0 Å². The van der Waals surface area contributed by atoms with Crippen LogP contribution in [0.15, 0.2) is 54.9 Å². The van der Waals surface area contributed by atoms with Gasteiger partial charge in [0.15, 0.2) is 5.82 Å². The van der Waals surface area contributed by atoms with Crippen LogP contribution in [0.1, 0.15) is 21.6 Å². The molecule has 0 radical (unpaired) electrons. The second kappa shape index (κ2) is 7.60. The van der Waals surface area contributed by atoms with Crippen molar-refractivity contribution in [3.63, 3.8) is 0 Å². The number of hydrogen-bond donors (Lipinski definition) is 1. The lowest BCUT2D eigenvalue weighted by Gasteiger charge is -2.07. The summed E-state index contributed by atoms with van der Waals surface area (Å²) in [5.74, 6) is 0.0324. The number of rotatable bonds is 5. The molecule has 0 saturated heterocycles. The molecule has 0 aliphatic rings. The Morgan fingerprint density at radius 3 is 2.77 bits per heavy atom. The van der Waals surface area contributed by atoms with Crippen LogP contribution in [0.2, 0.25) is 0 Å². The maximum absolute atomic E-state index is 12.6. The largest absolute Gasteiger partial charge is 0.469 e. The zero-order chi connectivity index (χ0) is 18.5. The highest BCUT2D eigenvalue weighted by Gasteiger charge is 2.16. The molecule has 0 aliphatic heterocycles. The molecule has 0 fully saturated rings. The molecule has 1 aromatic carbocycles. The van der Waals surface area contributed by atoms with E-state index in [0.29, 0.717) is 22.8 Å². The number of carbonyl (C=O) groups is 2. The number of amides is 1. The van der Waals surface area contributed by atoms with Gasteiger partial charge < -0.3 is 10.1 Å². The summed E-state index contributed by atoms with van der Waals surface area (Å²) in [6, 6.07) is 12.6. The number of ether oxygens (including phenoxy) is 1. The summed E-state index contributed by atoms with van der Waals surface area (Å²) in [5, 5.41) is 7.08. The number of anilines is 1. The first-order valence-corrected chi connectivity index (χ1v) is 8.01. The van der Waals surface area contributed by atoms with Gasteiger partial charge in [-0.3, -0.25) is 9.59 Å². The SMILES string of the molecule is COC(=O)Cc1cccc(NC(=O)c2cnn(-c3ccccn3)c2C)c1. The Bertz CT molecular complexity index is 935. The lowest BCUT2D eigenvalue weighted by atomic mass is 10.1. The monoisotopic (exact) mass is 350 g/mol. The van der Waals surface area contributed by atoms with E-state index < -0.39 is 0 Å². The fraction of sp³-hybridized carbons (Fsp3) is 0.158. The predicted octanol–water partition coefficient (Wildman–Crippen LogP) is 2.54. The van der Waals surface area contributed by atoms with Crippen LogP contribution in [0.25, 0.3) is 5.82 Å². The Hall–Kier alpha value is -3.48. The van der Waals surface area contributed by atoms with Gasteiger partial charge in [-0.15, -0.1) is 0 Å². The topological polar surface area (TPSA) is 86.1 Å². The van der Waals surface area contributed by atoms with Crippen molar-refractivity contribution in [1.82, 2.24) is 14.8 Å². The van der Waals surface area contributed by atoms with Crippen LogP contribution in [0.5, 0.6) is 0 Å². The highest BCUT2D eigenvalue weighted by molar-refractivity contribution is 6.05. The van der Waals surface area contributed by atoms with E-state index in [-0.39, 0.29) is 18.3 Å². The first-order valence-electron chi connectivity index (χ1n) is 8.01. The second-order valence-electron chi connectivity index (χ2n) is 5.65. The van der Waals surface area contributed by atoms with Crippen LogP contribution in [0.3, 0.4) is 0 Å². The first kappa shape index (κ1) is 17.3. The van der Waals surface area contributed by atoms with E-state index in [1.165, 1.54) is 13.3 Å². The van der Waals surface area contributed by atoms with Crippen LogP contribution < -0.4 is 5.32 Å². The van der Waals surface area contributed by atoms with Crippen molar-refractivity contribution in [3.05, 3.63) is 71.7 Å². The van der Waals surface area contributed by atoms with Crippen molar-refractivity contribution in [3.8, 4) is 5.82 Å². The Morgan fingerprint density at radius 1 is 1.19 bits per heavy atom. The van der Waals surface area contributed by atoms with E-state index in [0.717, 1.165) is 5.56 Å². The zero-order valence-electron chi connectivity index (χ0n) is 14.5. The number of methoxy groups -OCH3 is 1. The van der Waals surface area contributed by atoms with Gasteiger partial charge in [0.05, 0.1) is 31.0 Å². The van der Waals surface area contributed by atoms with Crippen molar-refractivity contribution in [2.45, 2.75) is 13.3 Å². The second-order valence-corrected chi connectivity index (χ2v) is 5.65. The lowest BCUT2D eigenvalue weighted by molar-refractivity contribution is -0.139. The maximum Gasteiger partial charge on any atom is 0.309 e. The summed E-state index contributed by atoms with van der Waals surface area (Å²) < 4.78 is 6.28. The molecule has 0 atom stereocenters. The highest BCUT2D eigenvalue weighted by atomic mass is 16.5. The van der Waals surface area contributed by atoms with Crippen LogP contribution in [0, 0.1) is 6.92 Å². The molecule has 7 nitrogen and oxygen atoms in total. The third-order valence-electron chi connectivity index (χ3n) is 3.88. The molecule has 0 spiro atoms. The van der Waals surface area contributed by atoms with Gasteiger partial charge in [-0.1, -0.05) is 18.2 Å². The zero-order valence-corrected chi connectivity index (χ0v) is 14.5. The lowest BCUT2D eigenvalue weighted by Crippen LogP contribution is -2.13. The molecule has 0 bridgehead atoms. The molecule has 132 valence electrons. The van der Waals surface area contributed by atoms with Gasteiger partial charge in [-0.05, 0) is 36.8 Å². The fourth-order valence-corrected chi connectivity index (χ4v) is 2.54. The molecule has 0 saturated carbocycles. The quantitative estimate of drug-likeness (QED) is 0.715. The molecular formula is C19H18N4O3. The number of nitrogens with one attached hydrogen (secondary N) is 1. The molecule has 0 aliphatic carbocycles. The number of aromatic nitrogens is 3. The molecule has 2 aromatic heterocycles. The van der Waals surface area contributed by atoms with Crippen LogP contribution in [-0.4, -0.2) is 33.8 Å². The van der Waals surface area contributed by atoms with Gasteiger partial charge >= 0.3 is 5.97 Å². The van der Waals surface area contributed by atoms with Crippen molar-refractivity contribution in [1.29, 1.82) is 0 Å². The van der Waals surface area contributed by atoms with Gasteiger partial charge in [0, 0.05) is 11.9 Å². The maximum atomic E-state index is 12.6. The Kier molecular flexibility index (Phi) is 5.07. The van der Waals surface area contributed by atoms with Crippen LogP contribution >= 0.6 is 0 Å². The number of esters is 1. The number of nitrogens with zero attached hydrogens (tertiary/aromatic N) is 3. The smallest absolute Gasteiger partial charge is 0.309 e. The van der Waals surface area contributed by atoms with Gasteiger partial charge in [-0.2, -0.15) is 5.10 Å². The minimum Gasteiger partial charge on any atom is -0.469 e. The summed E-state index contributed by atoms with van der Waals surface area (Å²) in [4.78, 5) is 28.2. The van der Waals surface area contributed by atoms with Crippen LogP contribution in [-0.2, 0) is 16.0 Å². The van der Waals surface area contributed by atoms with Gasteiger partial charge in [-0.25, -0.2) is 9.67 Å². The first-order chi connectivity index (χ1) is 12.6. The van der Waals surface area contributed by atoms with E-state index in [2.05, 4.69) is 20.1 Å². The average molecular weight is 350 g/mol. The van der Waals surface area contributed by atoms with Crippen molar-refractivity contribution < 1.29 is 14.3 Å². The molecule has 1 N–H and O–H groups in total. The standard InChI is InChI=1S/C19H18N4O3/c1-13-16(12-21-23(13)17-8-3-4-9-20-17)19(25)22-15-7-5-6-14(10-15)11-18(24)26-2/h3-10,12H,11H2,1-2H3,(H,22,25). The van der Waals surface area contributed by atoms with Crippen molar-refractivity contribution in [2.75, 3.05) is 12.4 Å². The number of carbonyl (C=O) groups excluding carboxylic acids is 2. The fourth-order valence-electron chi connectivity index (χ4n) is 2.54. The molecule has 3 rings (SSSR count). The summed E-state index contributed by atoms with van der Waals surface area (Å²) in [5.41, 5.74) is 2.50. The molecule has 26 heavy (non-hydrogen) atoms. The Morgan fingerprint density at radius 2 is 2.04 bits per heavy atom.